The fourth-order valence-electron chi connectivity index (χ4n) is 2.45. The van der Waals surface area contributed by atoms with Gasteiger partial charge in [-0.2, -0.15) is 0 Å². The predicted octanol–water partition coefficient (Wildman–Crippen LogP) is 3.94. The van der Waals surface area contributed by atoms with Crippen LogP contribution in [0.3, 0.4) is 0 Å². The van der Waals surface area contributed by atoms with Crippen molar-refractivity contribution in [2.45, 2.75) is 13.8 Å². The first-order chi connectivity index (χ1) is 9.31. The Hall–Kier alpha value is -2.29. The van der Waals surface area contributed by atoms with Gasteiger partial charge in [0.05, 0.1) is 6.61 Å². The Balaban J connectivity index is 2.27. The minimum absolute atomic E-state index is 0.663. The molecule has 0 saturated heterocycles. The van der Waals surface area contributed by atoms with Gasteiger partial charge in [0.15, 0.2) is 0 Å². The van der Waals surface area contributed by atoms with Crippen LogP contribution in [0.4, 0.5) is 0 Å². The second-order valence-corrected chi connectivity index (χ2v) is 4.45. The molecule has 0 spiro atoms. The van der Waals surface area contributed by atoms with Crippen molar-refractivity contribution in [3.63, 3.8) is 0 Å². The number of pyridine rings is 1. The molecule has 0 saturated carbocycles. The van der Waals surface area contributed by atoms with Crippen LogP contribution in [0.2, 0.25) is 0 Å². The summed E-state index contributed by atoms with van der Waals surface area (Å²) in [6.45, 7) is 4.73. The molecule has 1 N–H and O–H groups in total. The molecule has 2 aromatic heterocycles. The molecular formula is C16H16N2O. The highest BCUT2D eigenvalue weighted by Crippen LogP contribution is 2.36. The number of aryl methyl sites for hydroxylation is 1. The van der Waals surface area contributed by atoms with Crippen LogP contribution in [0.1, 0.15) is 12.6 Å². The van der Waals surface area contributed by atoms with Gasteiger partial charge in [-0.25, -0.2) is 4.98 Å². The zero-order chi connectivity index (χ0) is 13.2. The number of hydrogen-bond donors (Lipinski definition) is 1. The van der Waals surface area contributed by atoms with Crippen LogP contribution in [-0.4, -0.2) is 16.6 Å². The molecule has 2 heterocycles. The average molecular weight is 252 g/mol. The fourth-order valence-corrected chi connectivity index (χ4v) is 2.45. The van der Waals surface area contributed by atoms with Crippen molar-refractivity contribution >= 4 is 11.0 Å². The van der Waals surface area contributed by atoms with E-state index in [0.717, 1.165) is 28.0 Å². The van der Waals surface area contributed by atoms with Crippen molar-refractivity contribution in [3.8, 4) is 16.9 Å². The summed E-state index contributed by atoms with van der Waals surface area (Å²) in [5.74, 6) is 0.915. The minimum Gasteiger partial charge on any atom is -0.493 e. The minimum atomic E-state index is 0.663. The lowest BCUT2D eigenvalue weighted by atomic mass is 10.0. The normalized spacial score (nSPS) is 10.8. The van der Waals surface area contributed by atoms with Crippen LogP contribution in [0.25, 0.3) is 22.2 Å². The predicted molar refractivity (Wildman–Crippen MR) is 77.4 cm³/mol. The summed E-state index contributed by atoms with van der Waals surface area (Å²) in [5, 5.41) is 1.13. The summed E-state index contributed by atoms with van der Waals surface area (Å²) >= 11 is 0. The third kappa shape index (κ3) is 1.97. The third-order valence-electron chi connectivity index (χ3n) is 3.21. The Bertz CT molecular complexity index is 716. The van der Waals surface area contributed by atoms with Crippen molar-refractivity contribution in [1.82, 2.24) is 9.97 Å². The molecule has 3 aromatic rings. The van der Waals surface area contributed by atoms with Gasteiger partial charge in [-0.15, -0.1) is 0 Å². The summed E-state index contributed by atoms with van der Waals surface area (Å²) in [6, 6.07) is 12.2. The molecule has 0 aliphatic carbocycles. The molecule has 0 atom stereocenters. The summed E-state index contributed by atoms with van der Waals surface area (Å²) in [5.41, 5.74) is 4.32. The number of H-pyrrole nitrogens is 1. The number of fused-ring (bicyclic) bond motifs is 1. The maximum atomic E-state index is 5.73. The second kappa shape index (κ2) is 4.76. The van der Waals surface area contributed by atoms with Gasteiger partial charge in [-0.3, -0.25) is 0 Å². The van der Waals surface area contributed by atoms with E-state index < -0.39 is 0 Å². The van der Waals surface area contributed by atoms with E-state index in [2.05, 4.69) is 29.0 Å². The van der Waals surface area contributed by atoms with Crippen molar-refractivity contribution in [2.24, 2.45) is 0 Å². The maximum absolute atomic E-state index is 5.73. The van der Waals surface area contributed by atoms with Gasteiger partial charge < -0.3 is 9.72 Å². The molecule has 0 unspecified atom stereocenters. The highest BCUT2D eigenvalue weighted by molar-refractivity contribution is 5.97. The summed E-state index contributed by atoms with van der Waals surface area (Å²) in [4.78, 5) is 7.70. The highest BCUT2D eigenvalue weighted by Gasteiger charge is 2.14. The lowest BCUT2D eigenvalue weighted by molar-refractivity contribution is 0.341. The molecule has 1 aromatic carbocycles. The number of para-hydroxylation sites is 1. The molecule has 96 valence electrons. The van der Waals surface area contributed by atoms with Crippen LogP contribution in [0.15, 0.2) is 42.6 Å². The van der Waals surface area contributed by atoms with Crippen LogP contribution >= 0.6 is 0 Å². The van der Waals surface area contributed by atoms with Gasteiger partial charge in [-0.05, 0) is 32.0 Å². The van der Waals surface area contributed by atoms with E-state index in [9.17, 15) is 0 Å². The number of nitrogens with zero attached hydrogens (tertiary/aromatic N) is 1. The second-order valence-electron chi connectivity index (χ2n) is 4.45. The van der Waals surface area contributed by atoms with Crippen LogP contribution in [0, 0.1) is 6.92 Å². The Labute approximate surface area is 112 Å². The van der Waals surface area contributed by atoms with Gasteiger partial charge in [-0.1, -0.05) is 18.2 Å². The smallest absolute Gasteiger partial charge is 0.138 e. The monoisotopic (exact) mass is 252 g/mol. The van der Waals surface area contributed by atoms with Crippen molar-refractivity contribution in [3.05, 3.63) is 48.3 Å². The summed E-state index contributed by atoms with van der Waals surface area (Å²) < 4.78 is 5.73. The molecule has 0 aliphatic rings. The lowest BCUT2D eigenvalue weighted by Gasteiger charge is -2.10. The number of nitrogens with one attached hydrogen (secondary N) is 1. The molecule has 3 heteroatoms. The zero-order valence-electron chi connectivity index (χ0n) is 11.1. The van der Waals surface area contributed by atoms with Crippen LogP contribution in [-0.2, 0) is 0 Å². The van der Waals surface area contributed by atoms with E-state index in [1.807, 2.05) is 31.2 Å². The molecule has 0 fully saturated rings. The van der Waals surface area contributed by atoms with E-state index in [1.165, 1.54) is 5.56 Å². The Morgan fingerprint density at radius 3 is 2.84 bits per heavy atom. The quantitative estimate of drug-likeness (QED) is 0.766. The van der Waals surface area contributed by atoms with Crippen molar-refractivity contribution in [1.29, 1.82) is 0 Å². The molecule has 0 amide bonds. The Morgan fingerprint density at radius 1 is 1.16 bits per heavy atom. The zero-order valence-corrected chi connectivity index (χ0v) is 11.1. The average Bonchev–Trinajstić information content (AvgIpc) is 2.76. The first-order valence-corrected chi connectivity index (χ1v) is 6.46. The van der Waals surface area contributed by atoms with Crippen LogP contribution < -0.4 is 4.74 Å². The van der Waals surface area contributed by atoms with E-state index in [1.54, 1.807) is 6.20 Å². The molecule has 0 radical (unpaired) electrons. The van der Waals surface area contributed by atoms with Gasteiger partial charge in [0, 0.05) is 28.4 Å². The first-order valence-electron chi connectivity index (χ1n) is 6.46. The SMILES string of the molecule is CCOc1ccccc1-c1c(C)[nH]c2ncccc12. The van der Waals surface area contributed by atoms with Gasteiger partial charge in [0.25, 0.3) is 0 Å². The number of hydrogen-bond acceptors (Lipinski definition) is 2. The van der Waals surface area contributed by atoms with E-state index in [0.29, 0.717) is 6.61 Å². The van der Waals surface area contributed by atoms with Gasteiger partial charge in [0.2, 0.25) is 0 Å². The van der Waals surface area contributed by atoms with Crippen molar-refractivity contribution < 1.29 is 4.74 Å². The van der Waals surface area contributed by atoms with E-state index in [4.69, 9.17) is 4.74 Å². The highest BCUT2D eigenvalue weighted by atomic mass is 16.5. The standard InChI is InChI=1S/C16H16N2O/c1-3-19-14-9-5-4-7-12(14)15-11(2)18-16-13(15)8-6-10-17-16/h4-10H,3H2,1-2H3,(H,17,18). The lowest BCUT2D eigenvalue weighted by Crippen LogP contribution is -1.94. The molecular weight excluding hydrogens is 236 g/mol. The van der Waals surface area contributed by atoms with E-state index >= 15 is 0 Å². The van der Waals surface area contributed by atoms with Gasteiger partial charge in [0.1, 0.15) is 11.4 Å². The maximum Gasteiger partial charge on any atom is 0.138 e. The number of rotatable bonds is 3. The van der Waals surface area contributed by atoms with Crippen molar-refractivity contribution in [2.75, 3.05) is 6.61 Å². The molecule has 0 aliphatic heterocycles. The number of aromatic amines is 1. The molecule has 3 nitrogen and oxygen atoms in total. The Morgan fingerprint density at radius 2 is 2.00 bits per heavy atom. The Kier molecular flexibility index (Phi) is 2.95. The van der Waals surface area contributed by atoms with Gasteiger partial charge >= 0.3 is 0 Å². The van der Waals surface area contributed by atoms with E-state index in [-0.39, 0.29) is 0 Å². The number of aromatic nitrogens is 2. The molecule has 19 heavy (non-hydrogen) atoms. The first kappa shape index (κ1) is 11.8. The van der Waals surface area contributed by atoms with Crippen LogP contribution in [0.5, 0.6) is 5.75 Å². The third-order valence-corrected chi connectivity index (χ3v) is 3.21. The number of ether oxygens (including phenoxy) is 1. The molecule has 3 rings (SSSR count). The molecule has 0 bridgehead atoms. The fraction of sp³-hybridized carbons (Fsp3) is 0.188. The summed E-state index contributed by atoms with van der Waals surface area (Å²) in [6.07, 6.45) is 1.80. The summed E-state index contributed by atoms with van der Waals surface area (Å²) in [7, 11) is 0. The topological polar surface area (TPSA) is 37.9 Å². The largest absolute Gasteiger partial charge is 0.493 e. The number of benzene rings is 1.